The van der Waals surface area contributed by atoms with Crippen LogP contribution in [-0.4, -0.2) is 21.1 Å². The van der Waals surface area contributed by atoms with Gasteiger partial charge in [-0.25, -0.2) is 0 Å². The number of thioether (sulfide) groups is 1. The Morgan fingerprint density at radius 1 is 1.47 bits per heavy atom. The van der Waals surface area contributed by atoms with Crippen LogP contribution >= 0.6 is 11.8 Å². The molecule has 0 aromatic carbocycles. The van der Waals surface area contributed by atoms with E-state index >= 15 is 0 Å². The van der Waals surface area contributed by atoms with Crippen LogP contribution in [0.3, 0.4) is 0 Å². The number of rotatable bonds is 4. The minimum atomic E-state index is 0.209. The summed E-state index contributed by atoms with van der Waals surface area (Å²) in [7, 11) is 2.05. The number of hydrogen-bond acceptors (Lipinski definition) is 3. The van der Waals surface area contributed by atoms with Gasteiger partial charge in [-0.3, -0.25) is 4.68 Å². The van der Waals surface area contributed by atoms with E-state index in [0.29, 0.717) is 0 Å². The van der Waals surface area contributed by atoms with Gasteiger partial charge in [-0.2, -0.15) is 5.10 Å². The van der Waals surface area contributed by atoms with Crippen molar-refractivity contribution in [1.82, 2.24) is 9.78 Å². The molecular formula is C13H23N3S. The Kier molecular flexibility index (Phi) is 4.15. The summed E-state index contributed by atoms with van der Waals surface area (Å²) in [5.41, 5.74) is 8.44. The highest BCUT2D eigenvalue weighted by Crippen LogP contribution is 2.37. The van der Waals surface area contributed by atoms with Gasteiger partial charge in [-0.1, -0.05) is 12.8 Å². The van der Waals surface area contributed by atoms with Crippen molar-refractivity contribution in [2.45, 2.75) is 62.3 Å². The van der Waals surface area contributed by atoms with Crippen LogP contribution in [0.4, 0.5) is 0 Å². The van der Waals surface area contributed by atoms with Gasteiger partial charge in [0.05, 0.1) is 10.7 Å². The zero-order valence-electron chi connectivity index (χ0n) is 11.1. The van der Waals surface area contributed by atoms with Gasteiger partial charge in [0.1, 0.15) is 0 Å². The maximum atomic E-state index is 5.93. The van der Waals surface area contributed by atoms with Crippen molar-refractivity contribution in [3.8, 4) is 0 Å². The molecule has 0 spiro atoms. The summed E-state index contributed by atoms with van der Waals surface area (Å²) in [6.07, 6.45) is 6.42. The molecule has 4 heteroatoms. The zero-order valence-corrected chi connectivity index (χ0v) is 11.9. The fourth-order valence-corrected chi connectivity index (χ4v) is 4.00. The molecule has 0 saturated heterocycles. The molecule has 2 N–H and O–H groups in total. The van der Waals surface area contributed by atoms with Crippen molar-refractivity contribution in [3.05, 3.63) is 11.3 Å². The molecule has 0 amide bonds. The molecule has 2 rings (SSSR count). The van der Waals surface area contributed by atoms with Gasteiger partial charge in [0.2, 0.25) is 0 Å². The van der Waals surface area contributed by atoms with Crippen LogP contribution in [-0.2, 0) is 13.5 Å². The first-order valence-corrected chi connectivity index (χ1v) is 7.40. The monoisotopic (exact) mass is 253 g/mol. The smallest absolute Gasteiger partial charge is 0.0974 e. The van der Waals surface area contributed by atoms with Gasteiger partial charge in [0.15, 0.2) is 0 Å². The summed E-state index contributed by atoms with van der Waals surface area (Å²) < 4.78 is 2.04. The molecule has 3 nitrogen and oxygen atoms in total. The summed E-state index contributed by atoms with van der Waals surface area (Å²) in [4.78, 5) is 0. The number of aromatic nitrogens is 2. The first kappa shape index (κ1) is 13.0. The van der Waals surface area contributed by atoms with E-state index in [4.69, 9.17) is 5.73 Å². The average molecular weight is 253 g/mol. The molecule has 0 radical (unpaired) electrons. The third-order valence-electron chi connectivity index (χ3n) is 3.40. The fourth-order valence-electron chi connectivity index (χ4n) is 2.55. The van der Waals surface area contributed by atoms with Crippen LogP contribution in [0.2, 0.25) is 0 Å². The Morgan fingerprint density at radius 2 is 2.12 bits per heavy atom. The van der Waals surface area contributed by atoms with E-state index in [2.05, 4.69) is 26.0 Å². The summed E-state index contributed by atoms with van der Waals surface area (Å²) in [6, 6.07) is 0.209. The predicted octanol–water partition coefficient (Wildman–Crippen LogP) is 2.65. The van der Waals surface area contributed by atoms with Crippen LogP contribution in [0.25, 0.3) is 0 Å². The van der Waals surface area contributed by atoms with Crippen LogP contribution < -0.4 is 5.73 Å². The van der Waals surface area contributed by atoms with Gasteiger partial charge < -0.3 is 5.73 Å². The van der Waals surface area contributed by atoms with Crippen molar-refractivity contribution < 1.29 is 0 Å². The van der Waals surface area contributed by atoms with Crippen molar-refractivity contribution in [1.29, 1.82) is 0 Å². The quantitative estimate of drug-likeness (QED) is 0.897. The second-order valence-electron chi connectivity index (χ2n) is 5.20. The average Bonchev–Trinajstić information content (AvgIpc) is 2.82. The summed E-state index contributed by atoms with van der Waals surface area (Å²) in [5.74, 6) is 0. The Labute approximate surface area is 108 Å². The van der Waals surface area contributed by atoms with Crippen LogP contribution in [0.15, 0.2) is 5.03 Å². The maximum Gasteiger partial charge on any atom is 0.0974 e. The molecule has 0 aliphatic heterocycles. The van der Waals surface area contributed by atoms with Gasteiger partial charge in [0.25, 0.3) is 0 Å². The van der Waals surface area contributed by atoms with E-state index in [1.54, 1.807) is 0 Å². The third-order valence-corrected chi connectivity index (χ3v) is 4.93. The number of nitrogens with two attached hydrogens (primary N) is 1. The SMILES string of the molecule is Cc1nn(C)c(SC2CCCC2)c1CC(C)N. The second kappa shape index (κ2) is 5.44. The van der Waals surface area contributed by atoms with E-state index in [0.717, 1.165) is 17.4 Å². The van der Waals surface area contributed by atoms with Crippen molar-refractivity contribution >= 4 is 11.8 Å². The number of nitrogens with zero attached hydrogens (tertiary/aromatic N) is 2. The molecule has 96 valence electrons. The largest absolute Gasteiger partial charge is 0.328 e. The van der Waals surface area contributed by atoms with E-state index < -0.39 is 0 Å². The summed E-state index contributed by atoms with van der Waals surface area (Å²) in [5, 5.41) is 6.67. The predicted molar refractivity (Wildman–Crippen MR) is 73.4 cm³/mol. The van der Waals surface area contributed by atoms with Crippen LogP contribution in [0.1, 0.15) is 43.9 Å². The Hall–Kier alpha value is -0.480. The third kappa shape index (κ3) is 3.05. The molecular weight excluding hydrogens is 230 g/mol. The Morgan fingerprint density at radius 3 is 2.71 bits per heavy atom. The molecule has 1 aromatic heterocycles. The van der Waals surface area contributed by atoms with E-state index in [9.17, 15) is 0 Å². The molecule has 1 aliphatic carbocycles. The molecule has 1 saturated carbocycles. The molecule has 1 aliphatic rings. The van der Waals surface area contributed by atoms with Gasteiger partial charge in [-0.05, 0) is 33.1 Å². The highest BCUT2D eigenvalue weighted by atomic mass is 32.2. The van der Waals surface area contributed by atoms with E-state index in [1.807, 2.05) is 16.4 Å². The normalized spacial score (nSPS) is 18.8. The highest BCUT2D eigenvalue weighted by Gasteiger charge is 2.21. The molecule has 17 heavy (non-hydrogen) atoms. The number of aryl methyl sites for hydroxylation is 2. The Bertz CT molecular complexity index is 378. The lowest BCUT2D eigenvalue weighted by Crippen LogP contribution is -2.18. The first-order chi connectivity index (χ1) is 8.08. The van der Waals surface area contributed by atoms with Gasteiger partial charge in [0, 0.05) is 23.9 Å². The summed E-state index contributed by atoms with van der Waals surface area (Å²) in [6.45, 7) is 4.16. The van der Waals surface area contributed by atoms with Crippen molar-refractivity contribution in [2.24, 2.45) is 12.8 Å². The number of hydrogen-bond donors (Lipinski definition) is 1. The fraction of sp³-hybridized carbons (Fsp3) is 0.769. The lowest BCUT2D eigenvalue weighted by Gasteiger charge is -2.12. The van der Waals surface area contributed by atoms with Gasteiger partial charge in [-0.15, -0.1) is 11.8 Å². The lowest BCUT2D eigenvalue weighted by molar-refractivity contribution is 0.675. The zero-order chi connectivity index (χ0) is 12.4. The standard InChI is InChI=1S/C13H23N3S/c1-9(14)8-12-10(2)15-16(3)13(12)17-11-6-4-5-7-11/h9,11H,4-8,14H2,1-3H3. The first-order valence-electron chi connectivity index (χ1n) is 6.52. The molecule has 1 unspecified atom stereocenters. The molecule has 0 bridgehead atoms. The topological polar surface area (TPSA) is 43.8 Å². The Balaban J connectivity index is 2.18. The van der Waals surface area contributed by atoms with Crippen molar-refractivity contribution in [2.75, 3.05) is 0 Å². The molecule has 1 heterocycles. The molecule has 1 atom stereocenters. The van der Waals surface area contributed by atoms with Crippen molar-refractivity contribution in [3.63, 3.8) is 0 Å². The highest BCUT2D eigenvalue weighted by molar-refractivity contribution is 7.99. The van der Waals surface area contributed by atoms with E-state index in [1.165, 1.54) is 36.3 Å². The van der Waals surface area contributed by atoms with Crippen LogP contribution in [0, 0.1) is 6.92 Å². The maximum absolute atomic E-state index is 5.93. The van der Waals surface area contributed by atoms with E-state index in [-0.39, 0.29) is 6.04 Å². The minimum Gasteiger partial charge on any atom is -0.328 e. The minimum absolute atomic E-state index is 0.209. The van der Waals surface area contributed by atoms with Crippen LogP contribution in [0.5, 0.6) is 0 Å². The second-order valence-corrected chi connectivity index (χ2v) is 6.49. The van der Waals surface area contributed by atoms with Gasteiger partial charge >= 0.3 is 0 Å². The summed E-state index contributed by atoms with van der Waals surface area (Å²) >= 11 is 2.01. The lowest BCUT2D eigenvalue weighted by atomic mass is 10.1. The molecule has 1 fully saturated rings. The molecule has 1 aromatic rings.